The second-order valence-corrected chi connectivity index (χ2v) is 5.67. The molecule has 2 unspecified atom stereocenters. The predicted octanol–water partition coefficient (Wildman–Crippen LogP) is 2.89. The number of carbonyl (C=O) groups excluding carboxylic acids is 1. The predicted molar refractivity (Wildman–Crippen MR) is 76.3 cm³/mol. The molecule has 2 atom stereocenters. The number of ether oxygens (including phenoxy) is 1. The van der Waals surface area contributed by atoms with Gasteiger partial charge in [0.2, 0.25) is 0 Å². The number of methoxy groups -OCH3 is 1. The highest BCUT2D eigenvalue weighted by molar-refractivity contribution is 5.96. The fourth-order valence-electron chi connectivity index (χ4n) is 2.73. The molecular formula is C16H21F2NO2. The highest BCUT2D eigenvalue weighted by Crippen LogP contribution is 2.20. The lowest BCUT2D eigenvalue weighted by atomic mass is 9.95. The molecule has 0 radical (unpaired) electrons. The van der Waals surface area contributed by atoms with E-state index in [1.807, 2.05) is 0 Å². The molecule has 1 aliphatic rings. The number of ketones is 1. The molecule has 0 N–H and O–H groups in total. The van der Waals surface area contributed by atoms with E-state index in [2.05, 4.69) is 11.8 Å². The number of halogens is 2. The lowest BCUT2D eigenvalue weighted by molar-refractivity contribution is -0.00479. The molecule has 0 aromatic heterocycles. The summed E-state index contributed by atoms with van der Waals surface area (Å²) >= 11 is 0. The van der Waals surface area contributed by atoms with Gasteiger partial charge in [-0.1, -0.05) is 6.92 Å². The summed E-state index contributed by atoms with van der Waals surface area (Å²) in [5, 5.41) is 0. The van der Waals surface area contributed by atoms with Gasteiger partial charge in [0, 0.05) is 38.2 Å². The van der Waals surface area contributed by atoms with Gasteiger partial charge in [0.05, 0.1) is 6.10 Å². The zero-order valence-corrected chi connectivity index (χ0v) is 12.4. The van der Waals surface area contributed by atoms with Crippen LogP contribution in [0.4, 0.5) is 8.78 Å². The summed E-state index contributed by atoms with van der Waals surface area (Å²) in [6.07, 6.45) is 1.47. The van der Waals surface area contributed by atoms with Gasteiger partial charge in [-0.2, -0.15) is 0 Å². The summed E-state index contributed by atoms with van der Waals surface area (Å²) in [4.78, 5) is 14.2. The van der Waals surface area contributed by atoms with Crippen LogP contribution in [0, 0.1) is 17.6 Å². The average Bonchev–Trinajstić information content (AvgIpc) is 2.45. The maximum absolute atomic E-state index is 13.1. The lowest BCUT2D eigenvalue weighted by Crippen LogP contribution is -2.44. The van der Waals surface area contributed by atoms with E-state index < -0.39 is 11.6 Å². The Morgan fingerprint density at radius 3 is 2.62 bits per heavy atom. The van der Waals surface area contributed by atoms with Crippen LogP contribution in [0.1, 0.15) is 30.1 Å². The van der Waals surface area contributed by atoms with Crippen molar-refractivity contribution in [3.8, 4) is 0 Å². The molecule has 1 saturated heterocycles. The van der Waals surface area contributed by atoms with Crippen molar-refractivity contribution < 1.29 is 18.3 Å². The third kappa shape index (κ3) is 4.32. The highest BCUT2D eigenvalue weighted by atomic mass is 19.1. The molecule has 0 aliphatic carbocycles. The summed E-state index contributed by atoms with van der Waals surface area (Å²) in [7, 11) is 1.70. The van der Waals surface area contributed by atoms with Crippen LogP contribution in [0.3, 0.4) is 0 Å². The number of carbonyl (C=O) groups is 1. The van der Waals surface area contributed by atoms with E-state index in [9.17, 15) is 13.6 Å². The van der Waals surface area contributed by atoms with Gasteiger partial charge in [-0.3, -0.25) is 4.79 Å². The zero-order valence-electron chi connectivity index (χ0n) is 12.4. The van der Waals surface area contributed by atoms with Gasteiger partial charge in [-0.05, 0) is 31.0 Å². The van der Waals surface area contributed by atoms with Crippen molar-refractivity contribution in [3.05, 3.63) is 35.4 Å². The molecule has 0 spiro atoms. The molecule has 1 fully saturated rings. The summed E-state index contributed by atoms with van der Waals surface area (Å²) in [6, 6.07) is 2.94. The minimum absolute atomic E-state index is 0.0983. The maximum atomic E-state index is 13.1. The standard InChI is InChI=1S/C16H21F2NO2/c1-11-3-5-19(10-16(11)21-2)6-4-15(20)12-7-13(17)9-14(18)8-12/h7-9,11,16H,3-6,10H2,1-2H3. The number of hydrogen-bond donors (Lipinski definition) is 0. The molecular weight excluding hydrogens is 276 g/mol. The molecule has 0 amide bonds. The monoisotopic (exact) mass is 297 g/mol. The maximum Gasteiger partial charge on any atom is 0.164 e. The molecule has 0 bridgehead atoms. The Morgan fingerprint density at radius 1 is 1.33 bits per heavy atom. The Labute approximate surface area is 123 Å². The normalized spacial score (nSPS) is 23.2. The van der Waals surface area contributed by atoms with E-state index in [4.69, 9.17) is 4.74 Å². The largest absolute Gasteiger partial charge is 0.380 e. The molecule has 5 heteroatoms. The van der Waals surface area contributed by atoms with Gasteiger partial charge in [-0.15, -0.1) is 0 Å². The van der Waals surface area contributed by atoms with E-state index in [-0.39, 0.29) is 23.9 Å². The van der Waals surface area contributed by atoms with Crippen molar-refractivity contribution in [1.82, 2.24) is 4.90 Å². The van der Waals surface area contributed by atoms with Crippen molar-refractivity contribution in [3.63, 3.8) is 0 Å². The van der Waals surface area contributed by atoms with Crippen molar-refractivity contribution in [2.75, 3.05) is 26.7 Å². The first-order valence-electron chi connectivity index (χ1n) is 7.24. The average molecular weight is 297 g/mol. The van der Waals surface area contributed by atoms with Crippen molar-refractivity contribution in [2.45, 2.75) is 25.9 Å². The molecule has 2 rings (SSSR count). The van der Waals surface area contributed by atoms with Crippen LogP contribution in [0.15, 0.2) is 18.2 Å². The van der Waals surface area contributed by atoms with Crippen LogP contribution >= 0.6 is 0 Å². The SMILES string of the molecule is COC1CN(CCC(=O)c2cc(F)cc(F)c2)CCC1C. The van der Waals surface area contributed by atoms with Crippen LogP contribution in [-0.4, -0.2) is 43.5 Å². The summed E-state index contributed by atoms with van der Waals surface area (Å²) in [5.74, 6) is -1.16. The quantitative estimate of drug-likeness (QED) is 0.783. The van der Waals surface area contributed by atoms with Gasteiger partial charge in [0.1, 0.15) is 11.6 Å². The number of nitrogens with zero attached hydrogens (tertiary/aromatic N) is 1. The second kappa shape index (κ2) is 7.09. The van der Waals surface area contributed by atoms with E-state index in [0.717, 1.165) is 37.7 Å². The van der Waals surface area contributed by atoms with E-state index in [0.29, 0.717) is 12.5 Å². The Morgan fingerprint density at radius 2 is 2.00 bits per heavy atom. The number of hydrogen-bond acceptors (Lipinski definition) is 3. The molecule has 0 saturated carbocycles. The minimum Gasteiger partial charge on any atom is -0.380 e. The molecule has 1 heterocycles. The zero-order chi connectivity index (χ0) is 15.4. The van der Waals surface area contributed by atoms with Gasteiger partial charge in [0.25, 0.3) is 0 Å². The first-order chi connectivity index (χ1) is 9.99. The van der Waals surface area contributed by atoms with Crippen LogP contribution in [0.25, 0.3) is 0 Å². The fourth-order valence-corrected chi connectivity index (χ4v) is 2.73. The Bertz CT molecular complexity index is 487. The van der Waals surface area contributed by atoms with E-state index >= 15 is 0 Å². The van der Waals surface area contributed by atoms with Gasteiger partial charge in [-0.25, -0.2) is 8.78 Å². The van der Waals surface area contributed by atoms with Crippen molar-refractivity contribution in [1.29, 1.82) is 0 Å². The van der Waals surface area contributed by atoms with Crippen LogP contribution in [0.2, 0.25) is 0 Å². The molecule has 1 aromatic rings. The van der Waals surface area contributed by atoms with Crippen LogP contribution in [0.5, 0.6) is 0 Å². The Kier molecular flexibility index (Phi) is 5.42. The van der Waals surface area contributed by atoms with Gasteiger partial charge >= 0.3 is 0 Å². The Balaban J connectivity index is 1.89. The van der Waals surface area contributed by atoms with Crippen LogP contribution < -0.4 is 0 Å². The number of likely N-dealkylation sites (tertiary alicyclic amines) is 1. The summed E-state index contributed by atoms with van der Waals surface area (Å²) in [6.45, 7) is 4.46. The first-order valence-corrected chi connectivity index (χ1v) is 7.24. The first kappa shape index (κ1) is 16.0. The second-order valence-electron chi connectivity index (χ2n) is 5.67. The number of piperidine rings is 1. The molecule has 1 aromatic carbocycles. The molecule has 116 valence electrons. The van der Waals surface area contributed by atoms with Gasteiger partial charge < -0.3 is 9.64 Å². The topological polar surface area (TPSA) is 29.5 Å². The molecule has 21 heavy (non-hydrogen) atoms. The molecule has 1 aliphatic heterocycles. The summed E-state index contributed by atoms with van der Waals surface area (Å²) in [5.41, 5.74) is 0.0983. The number of Topliss-reactive ketones (excluding diaryl/α,β-unsaturated/α-hetero) is 1. The van der Waals surface area contributed by atoms with E-state index in [1.54, 1.807) is 7.11 Å². The minimum atomic E-state index is -0.718. The third-order valence-electron chi connectivity index (χ3n) is 4.12. The van der Waals surface area contributed by atoms with E-state index in [1.165, 1.54) is 0 Å². The molecule has 3 nitrogen and oxygen atoms in total. The number of benzene rings is 1. The Hall–Kier alpha value is -1.33. The number of rotatable bonds is 5. The smallest absolute Gasteiger partial charge is 0.164 e. The highest BCUT2D eigenvalue weighted by Gasteiger charge is 2.26. The van der Waals surface area contributed by atoms with Crippen molar-refractivity contribution >= 4 is 5.78 Å². The van der Waals surface area contributed by atoms with Gasteiger partial charge in [0.15, 0.2) is 5.78 Å². The summed E-state index contributed by atoms with van der Waals surface area (Å²) < 4.78 is 31.6. The lowest BCUT2D eigenvalue weighted by Gasteiger charge is -2.36. The van der Waals surface area contributed by atoms with Crippen molar-refractivity contribution in [2.24, 2.45) is 5.92 Å². The van der Waals surface area contributed by atoms with Crippen LogP contribution in [-0.2, 0) is 4.74 Å². The third-order valence-corrected chi connectivity index (χ3v) is 4.12. The fraction of sp³-hybridized carbons (Fsp3) is 0.562.